The van der Waals surface area contributed by atoms with Crippen molar-refractivity contribution in [1.29, 1.82) is 0 Å². The lowest BCUT2D eigenvalue weighted by molar-refractivity contribution is -0.140. The summed E-state index contributed by atoms with van der Waals surface area (Å²) in [4.78, 5) is 30.5. The van der Waals surface area contributed by atoms with Gasteiger partial charge in [0.05, 0.1) is 45.2 Å². The van der Waals surface area contributed by atoms with Crippen molar-refractivity contribution in [3.05, 3.63) is 59.2 Å². The van der Waals surface area contributed by atoms with Gasteiger partial charge in [-0.2, -0.15) is 0 Å². The van der Waals surface area contributed by atoms with Crippen LogP contribution < -0.4 is 14.2 Å². The number of aliphatic hydroxyl groups excluding tert-OH is 1. The van der Waals surface area contributed by atoms with Gasteiger partial charge in [-0.25, -0.2) is 0 Å². The Bertz CT molecular complexity index is 1170. The molecule has 1 atom stereocenters. The van der Waals surface area contributed by atoms with Gasteiger partial charge >= 0.3 is 0 Å². The van der Waals surface area contributed by atoms with Gasteiger partial charge in [-0.1, -0.05) is 25.1 Å². The molecular formula is C29H36N2O7. The molecule has 9 nitrogen and oxygen atoms in total. The number of benzene rings is 2. The normalized spacial score (nSPS) is 19.6. The van der Waals surface area contributed by atoms with Crippen molar-refractivity contribution in [2.24, 2.45) is 0 Å². The molecule has 0 saturated carbocycles. The third kappa shape index (κ3) is 5.95. The van der Waals surface area contributed by atoms with Gasteiger partial charge in [0.15, 0.2) is 11.5 Å². The predicted molar refractivity (Wildman–Crippen MR) is 143 cm³/mol. The topological polar surface area (TPSA) is 97.8 Å². The SMILES string of the molecule is CCCOc1cccc(/C(O)=C2\C(=O)C(=O)N(CCN3CCOCC3)C2c2ccc(OCC)c(OC)c2)c1. The molecule has 2 fully saturated rings. The molecule has 0 radical (unpaired) electrons. The maximum atomic E-state index is 13.4. The molecule has 1 unspecified atom stereocenters. The van der Waals surface area contributed by atoms with Crippen LogP contribution >= 0.6 is 0 Å². The lowest BCUT2D eigenvalue weighted by atomic mass is 9.95. The fourth-order valence-electron chi connectivity index (χ4n) is 4.77. The van der Waals surface area contributed by atoms with Crippen LogP contribution in [0, 0.1) is 0 Å². The van der Waals surface area contributed by atoms with Crippen molar-refractivity contribution < 1.29 is 33.6 Å². The minimum Gasteiger partial charge on any atom is -0.507 e. The number of nitrogens with zero attached hydrogens (tertiary/aromatic N) is 2. The van der Waals surface area contributed by atoms with Gasteiger partial charge in [0.25, 0.3) is 11.7 Å². The molecule has 2 aliphatic heterocycles. The third-order valence-corrected chi connectivity index (χ3v) is 6.68. The summed E-state index contributed by atoms with van der Waals surface area (Å²) >= 11 is 0. The van der Waals surface area contributed by atoms with Crippen LogP contribution in [0.5, 0.6) is 17.2 Å². The first-order chi connectivity index (χ1) is 18.5. The number of ketones is 1. The second-order valence-electron chi connectivity index (χ2n) is 9.17. The smallest absolute Gasteiger partial charge is 0.295 e. The van der Waals surface area contributed by atoms with E-state index in [2.05, 4.69) is 4.90 Å². The molecule has 2 heterocycles. The maximum Gasteiger partial charge on any atom is 0.295 e. The molecule has 0 bridgehead atoms. The number of carbonyl (C=O) groups is 2. The Morgan fingerprint density at radius 1 is 1.03 bits per heavy atom. The molecule has 0 spiro atoms. The number of hydrogen-bond acceptors (Lipinski definition) is 8. The van der Waals surface area contributed by atoms with E-state index in [0.717, 1.165) is 19.5 Å². The van der Waals surface area contributed by atoms with Crippen molar-refractivity contribution in [2.75, 3.05) is 59.7 Å². The van der Waals surface area contributed by atoms with E-state index in [1.54, 1.807) is 49.6 Å². The molecule has 9 heteroatoms. The standard InChI is InChI=1S/C29H36N2O7/c1-4-15-38-22-8-6-7-21(18-22)27(32)25-26(20-9-10-23(37-5-2)24(19-20)35-3)31(29(34)28(25)33)12-11-30-13-16-36-17-14-30/h6-10,18-19,26,32H,4-5,11-17H2,1-3H3/b27-25+. The second kappa shape index (κ2) is 12.8. The van der Waals surface area contributed by atoms with E-state index in [1.165, 1.54) is 4.90 Å². The highest BCUT2D eigenvalue weighted by molar-refractivity contribution is 6.46. The van der Waals surface area contributed by atoms with Crippen LogP contribution in [-0.4, -0.2) is 86.3 Å². The molecule has 0 aliphatic carbocycles. The minimum atomic E-state index is -0.791. The van der Waals surface area contributed by atoms with Gasteiger partial charge in [0, 0.05) is 31.7 Å². The van der Waals surface area contributed by atoms with E-state index in [4.69, 9.17) is 18.9 Å². The van der Waals surface area contributed by atoms with Gasteiger partial charge in [-0.3, -0.25) is 14.5 Å². The molecule has 2 aromatic rings. The summed E-state index contributed by atoms with van der Waals surface area (Å²) in [5.41, 5.74) is 1.09. The van der Waals surface area contributed by atoms with E-state index in [9.17, 15) is 14.7 Å². The number of methoxy groups -OCH3 is 1. The van der Waals surface area contributed by atoms with Crippen LogP contribution in [0.15, 0.2) is 48.0 Å². The first kappa shape index (κ1) is 27.5. The quantitative estimate of drug-likeness (QED) is 0.270. The number of amides is 1. The first-order valence-electron chi connectivity index (χ1n) is 13.1. The zero-order chi connectivity index (χ0) is 27.1. The molecule has 2 saturated heterocycles. The third-order valence-electron chi connectivity index (χ3n) is 6.68. The number of hydrogen-bond donors (Lipinski definition) is 1. The van der Waals surface area contributed by atoms with Crippen LogP contribution in [0.2, 0.25) is 0 Å². The number of rotatable bonds is 11. The van der Waals surface area contributed by atoms with Crippen LogP contribution in [0.3, 0.4) is 0 Å². The molecule has 2 aliphatic rings. The Kier molecular flexibility index (Phi) is 9.25. The lowest BCUT2D eigenvalue weighted by Crippen LogP contribution is -2.42. The Balaban J connectivity index is 1.76. The average molecular weight is 525 g/mol. The van der Waals surface area contributed by atoms with Crippen LogP contribution in [-0.2, 0) is 14.3 Å². The number of ether oxygens (including phenoxy) is 4. The van der Waals surface area contributed by atoms with E-state index in [1.807, 2.05) is 13.8 Å². The molecule has 38 heavy (non-hydrogen) atoms. The number of morpholine rings is 1. The molecule has 1 amide bonds. The van der Waals surface area contributed by atoms with Crippen LogP contribution in [0.25, 0.3) is 5.76 Å². The van der Waals surface area contributed by atoms with E-state index in [0.29, 0.717) is 67.9 Å². The van der Waals surface area contributed by atoms with Crippen molar-refractivity contribution in [3.8, 4) is 17.2 Å². The van der Waals surface area contributed by atoms with E-state index >= 15 is 0 Å². The monoisotopic (exact) mass is 524 g/mol. The first-order valence-corrected chi connectivity index (χ1v) is 13.1. The molecule has 0 aromatic heterocycles. The highest BCUT2D eigenvalue weighted by Gasteiger charge is 2.46. The molecule has 2 aromatic carbocycles. The highest BCUT2D eigenvalue weighted by Crippen LogP contribution is 2.42. The predicted octanol–water partition coefficient (Wildman–Crippen LogP) is 3.64. The van der Waals surface area contributed by atoms with Gasteiger partial charge < -0.3 is 29.0 Å². The number of carbonyl (C=O) groups excluding carboxylic acids is 2. The summed E-state index contributed by atoms with van der Waals surface area (Å²) in [7, 11) is 1.54. The second-order valence-corrected chi connectivity index (χ2v) is 9.17. The van der Waals surface area contributed by atoms with Crippen molar-refractivity contribution in [1.82, 2.24) is 9.80 Å². The van der Waals surface area contributed by atoms with Gasteiger partial charge in [0.2, 0.25) is 0 Å². The van der Waals surface area contributed by atoms with Crippen LogP contribution in [0.4, 0.5) is 0 Å². The number of aliphatic hydroxyl groups is 1. The lowest BCUT2D eigenvalue weighted by Gasteiger charge is -2.31. The van der Waals surface area contributed by atoms with Gasteiger partial charge in [0.1, 0.15) is 11.5 Å². The minimum absolute atomic E-state index is 0.0378. The van der Waals surface area contributed by atoms with Crippen molar-refractivity contribution in [3.63, 3.8) is 0 Å². The molecule has 4 rings (SSSR count). The summed E-state index contributed by atoms with van der Waals surface area (Å²) < 4.78 is 22.4. The fourth-order valence-corrected chi connectivity index (χ4v) is 4.77. The Morgan fingerprint density at radius 2 is 1.82 bits per heavy atom. The Hall–Kier alpha value is -3.56. The summed E-state index contributed by atoms with van der Waals surface area (Å²) in [5.74, 6) is 0.0230. The van der Waals surface area contributed by atoms with Gasteiger partial charge in [-0.05, 0) is 43.2 Å². The van der Waals surface area contributed by atoms with E-state index in [-0.39, 0.29) is 11.3 Å². The molecular weight excluding hydrogens is 488 g/mol. The Labute approximate surface area is 223 Å². The summed E-state index contributed by atoms with van der Waals surface area (Å²) in [6.07, 6.45) is 0.837. The molecule has 204 valence electrons. The van der Waals surface area contributed by atoms with Crippen LogP contribution in [0.1, 0.15) is 37.4 Å². The number of likely N-dealkylation sites (tertiary alicyclic amines) is 1. The van der Waals surface area contributed by atoms with Crippen molar-refractivity contribution >= 4 is 17.4 Å². The zero-order valence-electron chi connectivity index (χ0n) is 22.3. The highest BCUT2D eigenvalue weighted by atomic mass is 16.5. The van der Waals surface area contributed by atoms with Crippen molar-refractivity contribution in [2.45, 2.75) is 26.3 Å². The maximum absolute atomic E-state index is 13.4. The summed E-state index contributed by atoms with van der Waals surface area (Å²) in [6.45, 7) is 8.57. The van der Waals surface area contributed by atoms with E-state index < -0.39 is 17.7 Å². The zero-order valence-corrected chi connectivity index (χ0v) is 22.3. The fraction of sp³-hybridized carbons (Fsp3) is 0.448. The largest absolute Gasteiger partial charge is 0.507 e. The van der Waals surface area contributed by atoms with Gasteiger partial charge in [-0.15, -0.1) is 0 Å². The summed E-state index contributed by atoms with van der Waals surface area (Å²) in [5, 5.41) is 11.4. The molecule has 1 N–H and O–H groups in total. The summed E-state index contributed by atoms with van der Waals surface area (Å²) in [6, 6.07) is 11.5. The number of Topliss-reactive ketones (excluding diaryl/α,β-unsaturated/α-hetero) is 1. The average Bonchev–Trinajstić information content (AvgIpc) is 3.20. The Morgan fingerprint density at radius 3 is 2.53 bits per heavy atom.